The minimum Gasteiger partial charge on any atom is -0.326 e. The number of anilines is 3. The standard InChI is InChI=1S/C15H11F2N3O2/c16-10-2-1-3-11(17)14(10)20-15(22)18-9-4-5-12-8(6-9)7-13(21)19-12/h1-6H,7H2,(H,19,21)(H2,18,20,22). The summed E-state index contributed by atoms with van der Waals surface area (Å²) in [6.45, 7) is 0. The number of rotatable bonds is 2. The molecular weight excluding hydrogens is 292 g/mol. The van der Waals surface area contributed by atoms with Crippen LogP contribution in [0.1, 0.15) is 5.56 Å². The highest BCUT2D eigenvalue weighted by Crippen LogP contribution is 2.26. The van der Waals surface area contributed by atoms with E-state index in [4.69, 9.17) is 0 Å². The molecule has 3 amide bonds. The normalized spacial score (nSPS) is 12.5. The number of benzene rings is 2. The number of nitrogens with one attached hydrogen (secondary N) is 3. The van der Waals surface area contributed by atoms with E-state index in [1.54, 1.807) is 18.2 Å². The molecule has 5 nitrogen and oxygen atoms in total. The number of carbonyl (C=O) groups excluding carboxylic acids is 2. The van der Waals surface area contributed by atoms with Crippen molar-refractivity contribution in [3.63, 3.8) is 0 Å². The molecule has 0 bridgehead atoms. The Morgan fingerprint density at radius 1 is 1.09 bits per heavy atom. The van der Waals surface area contributed by atoms with E-state index in [0.717, 1.165) is 17.7 Å². The fraction of sp³-hybridized carbons (Fsp3) is 0.0667. The van der Waals surface area contributed by atoms with Crippen molar-refractivity contribution in [2.45, 2.75) is 6.42 Å². The minimum atomic E-state index is -0.862. The zero-order valence-electron chi connectivity index (χ0n) is 11.2. The van der Waals surface area contributed by atoms with Crippen molar-refractivity contribution in [2.24, 2.45) is 0 Å². The topological polar surface area (TPSA) is 70.2 Å². The Labute approximate surface area is 124 Å². The van der Waals surface area contributed by atoms with E-state index in [0.29, 0.717) is 11.4 Å². The van der Waals surface area contributed by atoms with Gasteiger partial charge in [0.05, 0.1) is 6.42 Å². The van der Waals surface area contributed by atoms with Crippen LogP contribution in [0.15, 0.2) is 36.4 Å². The van der Waals surface area contributed by atoms with Crippen LogP contribution in [0.5, 0.6) is 0 Å². The van der Waals surface area contributed by atoms with Gasteiger partial charge in [-0.05, 0) is 35.9 Å². The van der Waals surface area contributed by atoms with Crippen LogP contribution in [0, 0.1) is 11.6 Å². The average Bonchev–Trinajstić information content (AvgIpc) is 2.82. The molecule has 0 spiro atoms. The summed E-state index contributed by atoms with van der Waals surface area (Å²) < 4.78 is 26.9. The Balaban J connectivity index is 1.73. The highest BCUT2D eigenvalue weighted by Gasteiger charge is 2.18. The molecule has 1 aliphatic rings. The Hall–Kier alpha value is -2.96. The molecule has 1 aliphatic heterocycles. The summed E-state index contributed by atoms with van der Waals surface area (Å²) in [4.78, 5) is 23.1. The molecule has 1 heterocycles. The quantitative estimate of drug-likeness (QED) is 0.798. The lowest BCUT2D eigenvalue weighted by Gasteiger charge is -2.10. The van der Waals surface area contributed by atoms with Crippen LogP contribution < -0.4 is 16.0 Å². The molecule has 112 valence electrons. The summed E-state index contributed by atoms with van der Waals surface area (Å²) in [5, 5.41) is 7.25. The van der Waals surface area contributed by atoms with Gasteiger partial charge in [0.15, 0.2) is 0 Å². The van der Waals surface area contributed by atoms with Crippen molar-refractivity contribution < 1.29 is 18.4 Å². The minimum absolute atomic E-state index is 0.120. The van der Waals surface area contributed by atoms with Gasteiger partial charge in [-0.2, -0.15) is 0 Å². The van der Waals surface area contributed by atoms with Gasteiger partial charge in [-0.15, -0.1) is 0 Å². The smallest absolute Gasteiger partial charge is 0.323 e. The summed E-state index contributed by atoms with van der Waals surface area (Å²) in [5.74, 6) is -1.84. The Morgan fingerprint density at radius 2 is 1.82 bits per heavy atom. The van der Waals surface area contributed by atoms with Crippen LogP contribution in [0.3, 0.4) is 0 Å². The third-order valence-electron chi connectivity index (χ3n) is 3.19. The highest BCUT2D eigenvalue weighted by atomic mass is 19.1. The van der Waals surface area contributed by atoms with Crippen LogP contribution in [0.4, 0.5) is 30.6 Å². The van der Waals surface area contributed by atoms with E-state index in [2.05, 4.69) is 16.0 Å². The van der Waals surface area contributed by atoms with E-state index >= 15 is 0 Å². The molecule has 0 fully saturated rings. The number of hydrogen-bond donors (Lipinski definition) is 3. The van der Waals surface area contributed by atoms with Crippen molar-refractivity contribution in [2.75, 3.05) is 16.0 Å². The van der Waals surface area contributed by atoms with E-state index in [1.165, 1.54) is 6.07 Å². The molecule has 3 rings (SSSR count). The third kappa shape index (κ3) is 2.73. The fourth-order valence-corrected chi connectivity index (χ4v) is 2.20. The van der Waals surface area contributed by atoms with Crippen LogP contribution in [-0.4, -0.2) is 11.9 Å². The second kappa shape index (κ2) is 5.44. The van der Waals surface area contributed by atoms with E-state index in [1.807, 2.05) is 0 Å². The summed E-state index contributed by atoms with van der Waals surface area (Å²) in [5.41, 5.74) is 1.35. The summed E-state index contributed by atoms with van der Waals surface area (Å²) >= 11 is 0. The molecule has 0 atom stereocenters. The first kappa shape index (κ1) is 14.0. The molecule has 3 N–H and O–H groups in total. The maximum Gasteiger partial charge on any atom is 0.323 e. The van der Waals surface area contributed by atoms with Gasteiger partial charge in [-0.25, -0.2) is 13.6 Å². The SMILES string of the molecule is O=C1Cc2cc(NC(=O)Nc3c(F)cccc3F)ccc2N1. The molecular formula is C15H11F2N3O2. The van der Waals surface area contributed by atoms with E-state index in [9.17, 15) is 18.4 Å². The van der Waals surface area contributed by atoms with Crippen LogP contribution in [0.2, 0.25) is 0 Å². The van der Waals surface area contributed by atoms with Gasteiger partial charge in [-0.3, -0.25) is 4.79 Å². The van der Waals surface area contributed by atoms with Crippen LogP contribution in [-0.2, 0) is 11.2 Å². The first-order valence-corrected chi connectivity index (χ1v) is 6.48. The molecule has 22 heavy (non-hydrogen) atoms. The second-order valence-corrected chi connectivity index (χ2v) is 4.77. The molecule has 2 aromatic rings. The van der Waals surface area contributed by atoms with Crippen molar-refractivity contribution >= 4 is 29.0 Å². The summed E-state index contributed by atoms with van der Waals surface area (Å²) in [7, 11) is 0. The average molecular weight is 303 g/mol. The third-order valence-corrected chi connectivity index (χ3v) is 3.19. The zero-order chi connectivity index (χ0) is 15.7. The van der Waals surface area contributed by atoms with Gasteiger partial charge in [0.1, 0.15) is 17.3 Å². The number of hydrogen-bond acceptors (Lipinski definition) is 2. The van der Waals surface area contributed by atoms with Crippen LogP contribution >= 0.6 is 0 Å². The number of carbonyl (C=O) groups is 2. The zero-order valence-corrected chi connectivity index (χ0v) is 11.2. The number of para-hydroxylation sites is 1. The number of halogens is 2. The molecule has 0 radical (unpaired) electrons. The Bertz CT molecular complexity index is 757. The van der Waals surface area contributed by atoms with Crippen molar-refractivity contribution in [1.82, 2.24) is 0 Å². The second-order valence-electron chi connectivity index (χ2n) is 4.77. The van der Waals surface area contributed by atoms with E-state index in [-0.39, 0.29) is 12.3 Å². The largest absolute Gasteiger partial charge is 0.326 e. The summed E-state index contributed by atoms with van der Waals surface area (Å²) in [6, 6.07) is 7.39. The molecule has 0 saturated carbocycles. The van der Waals surface area contributed by atoms with Gasteiger partial charge in [-0.1, -0.05) is 6.07 Å². The first-order chi connectivity index (χ1) is 10.5. The van der Waals surface area contributed by atoms with Crippen molar-refractivity contribution in [1.29, 1.82) is 0 Å². The maximum atomic E-state index is 13.4. The lowest BCUT2D eigenvalue weighted by atomic mass is 10.1. The molecule has 0 aliphatic carbocycles. The molecule has 0 aromatic heterocycles. The Kier molecular flexibility index (Phi) is 3.46. The monoisotopic (exact) mass is 303 g/mol. The fourth-order valence-electron chi connectivity index (χ4n) is 2.20. The predicted octanol–water partition coefficient (Wildman–Crippen LogP) is 3.10. The number of urea groups is 1. The summed E-state index contributed by atoms with van der Waals surface area (Å²) in [6.07, 6.45) is 0.231. The molecule has 0 unspecified atom stereocenters. The van der Waals surface area contributed by atoms with Crippen molar-refractivity contribution in [3.8, 4) is 0 Å². The molecule has 2 aromatic carbocycles. The highest BCUT2D eigenvalue weighted by molar-refractivity contribution is 6.02. The van der Waals surface area contributed by atoms with E-state index < -0.39 is 23.4 Å². The predicted molar refractivity (Wildman–Crippen MR) is 77.8 cm³/mol. The molecule has 7 heteroatoms. The van der Waals surface area contributed by atoms with Gasteiger partial charge in [0, 0.05) is 11.4 Å². The van der Waals surface area contributed by atoms with Crippen molar-refractivity contribution in [3.05, 3.63) is 53.6 Å². The number of amides is 3. The van der Waals surface area contributed by atoms with Gasteiger partial charge in [0.2, 0.25) is 5.91 Å². The first-order valence-electron chi connectivity index (χ1n) is 6.48. The lowest BCUT2D eigenvalue weighted by molar-refractivity contribution is -0.115. The van der Waals surface area contributed by atoms with Crippen LogP contribution in [0.25, 0.3) is 0 Å². The van der Waals surface area contributed by atoms with Gasteiger partial charge < -0.3 is 16.0 Å². The van der Waals surface area contributed by atoms with Gasteiger partial charge in [0.25, 0.3) is 0 Å². The molecule has 0 saturated heterocycles. The number of fused-ring (bicyclic) bond motifs is 1. The van der Waals surface area contributed by atoms with Gasteiger partial charge >= 0.3 is 6.03 Å². The maximum absolute atomic E-state index is 13.4. The Morgan fingerprint density at radius 3 is 2.55 bits per heavy atom. The lowest BCUT2D eigenvalue weighted by Crippen LogP contribution is -2.21.